The van der Waals surface area contributed by atoms with E-state index in [2.05, 4.69) is 15.4 Å². The molecule has 9 heteroatoms. The highest BCUT2D eigenvalue weighted by Gasteiger charge is 2.37. The van der Waals surface area contributed by atoms with E-state index in [1.165, 1.54) is 0 Å². The van der Waals surface area contributed by atoms with Gasteiger partial charge < -0.3 is 19.4 Å². The first-order valence-electron chi connectivity index (χ1n) is 8.73. The van der Waals surface area contributed by atoms with Crippen LogP contribution in [-0.4, -0.2) is 73.0 Å². The topological polar surface area (TPSA) is 99.8 Å². The van der Waals surface area contributed by atoms with Gasteiger partial charge in [-0.3, -0.25) is 10.2 Å². The minimum atomic E-state index is -0.722. The maximum atomic E-state index is 12.9. The first-order valence-corrected chi connectivity index (χ1v) is 8.73. The number of carbonyl (C=O) groups is 2. The quantitative estimate of drug-likeness (QED) is 0.314. The lowest BCUT2D eigenvalue weighted by Crippen LogP contribution is -2.31. The Morgan fingerprint density at radius 3 is 2.86 bits per heavy atom. The Labute approximate surface area is 162 Å². The second kappa shape index (κ2) is 8.24. The van der Waals surface area contributed by atoms with Crippen molar-refractivity contribution in [2.24, 2.45) is 0 Å². The van der Waals surface area contributed by atoms with Crippen LogP contribution in [0.4, 0.5) is 0 Å². The summed E-state index contributed by atoms with van der Waals surface area (Å²) < 4.78 is 10.9. The number of carbonyl (C=O) groups excluding carboxylic acids is 2. The molecule has 0 amide bonds. The predicted octanol–water partition coefficient (Wildman–Crippen LogP) is 0.886. The number of ketones is 1. The number of nitrogens with zero attached hydrogens (tertiary/aromatic N) is 3. The molecular weight excluding hydrogens is 362 g/mol. The van der Waals surface area contributed by atoms with Gasteiger partial charge in [-0.2, -0.15) is 0 Å². The molecule has 9 nitrogen and oxygen atoms in total. The monoisotopic (exact) mass is 385 g/mol. The van der Waals surface area contributed by atoms with Crippen molar-refractivity contribution in [2.75, 3.05) is 41.3 Å². The molecule has 2 aromatic rings. The maximum absolute atomic E-state index is 12.9. The van der Waals surface area contributed by atoms with Crippen molar-refractivity contribution in [1.82, 2.24) is 25.3 Å². The second-order valence-corrected chi connectivity index (χ2v) is 6.73. The van der Waals surface area contributed by atoms with Crippen molar-refractivity contribution in [1.29, 1.82) is 0 Å². The van der Waals surface area contributed by atoms with E-state index in [1.807, 2.05) is 25.1 Å². The van der Waals surface area contributed by atoms with E-state index in [9.17, 15) is 9.59 Å². The number of likely N-dealkylation sites (N-methyl/N-ethyl adjacent to an activating group) is 1. The molecule has 0 saturated heterocycles. The zero-order chi connectivity index (χ0) is 20.3. The summed E-state index contributed by atoms with van der Waals surface area (Å²) in [6.07, 6.45) is 4.99. The first kappa shape index (κ1) is 19.6. The number of Topliss-reactive ketones (excluding diaryl/α,β-unsaturated/α-hetero) is 1. The Morgan fingerprint density at radius 1 is 1.36 bits per heavy atom. The van der Waals surface area contributed by atoms with Crippen LogP contribution in [0.2, 0.25) is 0 Å². The summed E-state index contributed by atoms with van der Waals surface area (Å²) in [7, 11) is 7.19. The number of aromatic amines is 1. The number of fused-ring (bicyclic) bond motifs is 1. The fourth-order valence-corrected chi connectivity index (χ4v) is 2.63. The third kappa shape index (κ3) is 4.21. The molecule has 3 heterocycles. The number of rotatable bonds is 7. The molecule has 0 radical (unpaired) electrons. The van der Waals surface area contributed by atoms with Gasteiger partial charge >= 0.3 is 5.97 Å². The van der Waals surface area contributed by atoms with Gasteiger partial charge in [-0.1, -0.05) is 0 Å². The molecule has 28 heavy (non-hydrogen) atoms. The molecule has 0 saturated carbocycles. The zero-order valence-electron chi connectivity index (χ0n) is 16.3. The molecule has 0 atom stereocenters. The summed E-state index contributed by atoms with van der Waals surface area (Å²) >= 11 is 0. The highest BCUT2D eigenvalue weighted by Crippen LogP contribution is 2.28. The number of aromatic nitrogens is 2. The highest BCUT2D eigenvalue weighted by molar-refractivity contribution is 6.26. The average molecular weight is 385 g/mol. The molecule has 0 bridgehead atoms. The minimum Gasteiger partial charge on any atom is -0.460 e. The van der Waals surface area contributed by atoms with Crippen molar-refractivity contribution in [3.05, 3.63) is 47.3 Å². The van der Waals surface area contributed by atoms with Gasteiger partial charge in [0.15, 0.2) is 11.3 Å². The Hall–Kier alpha value is -3.17. The number of nitrogens with one attached hydrogen (secondary N) is 2. The number of hydrazine groups is 1. The largest absolute Gasteiger partial charge is 0.460 e. The van der Waals surface area contributed by atoms with Crippen molar-refractivity contribution >= 4 is 28.9 Å². The summed E-state index contributed by atoms with van der Waals surface area (Å²) in [6.45, 7) is 0.723. The Balaban J connectivity index is 1.87. The number of H-pyrrole nitrogens is 1. The van der Waals surface area contributed by atoms with E-state index in [1.54, 1.807) is 43.6 Å². The summed E-state index contributed by atoms with van der Waals surface area (Å²) in [6, 6.07) is 3.69. The van der Waals surface area contributed by atoms with Crippen molar-refractivity contribution in [3.63, 3.8) is 0 Å². The Kier molecular flexibility index (Phi) is 5.76. The standard InChI is InChI=1S/C19H23N5O4/c1-23(2)8-9-27-19(26)15-16(25)14(28-18(15)22-24(3)4)10-12-11-21-17-13(12)6-5-7-20-17/h5-7,10-11,22H,8-9H2,1-4H3,(H,20,21)/b14-10-. The van der Waals surface area contributed by atoms with Crippen LogP contribution in [0.1, 0.15) is 5.56 Å². The SMILES string of the molecule is CN(C)CCOC(=O)C1=C(NN(C)C)O/C(=C\c2c[nH]c3ncccc23)C1=O. The van der Waals surface area contributed by atoms with E-state index in [0.717, 1.165) is 10.9 Å². The van der Waals surface area contributed by atoms with Crippen LogP contribution < -0.4 is 5.43 Å². The summed E-state index contributed by atoms with van der Waals surface area (Å²) in [5.41, 5.74) is 4.12. The van der Waals surface area contributed by atoms with Crippen molar-refractivity contribution in [2.45, 2.75) is 0 Å². The number of esters is 1. The lowest BCUT2D eigenvalue weighted by Gasteiger charge is -2.14. The number of pyridine rings is 1. The number of hydrogen-bond acceptors (Lipinski definition) is 8. The summed E-state index contributed by atoms with van der Waals surface area (Å²) in [5, 5.41) is 2.42. The molecule has 3 rings (SSSR count). The van der Waals surface area contributed by atoms with Crippen LogP contribution >= 0.6 is 0 Å². The van der Waals surface area contributed by atoms with E-state index in [0.29, 0.717) is 12.2 Å². The molecule has 2 N–H and O–H groups in total. The van der Waals surface area contributed by atoms with Gasteiger partial charge in [0.05, 0.1) is 0 Å². The number of hydrogen-bond donors (Lipinski definition) is 2. The third-order valence-electron chi connectivity index (χ3n) is 3.96. The van der Waals surface area contributed by atoms with Gasteiger partial charge in [0.2, 0.25) is 11.7 Å². The minimum absolute atomic E-state index is 0.0358. The van der Waals surface area contributed by atoms with Crippen molar-refractivity contribution < 1.29 is 19.1 Å². The molecule has 1 aliphatic heterocycles. The van der Waals surface area contributed by atoms with Crippen LogP contribution in [0, 0.1) is 0 Å². The van der Waals surface area contributed by atoms with Gasteiger partial charge in [0, 0.05) is 44.0 Å². The Bertz CT molecular complexity index is 958. The molecule has 1 aliphatic rings. The Morgan fingerprint density at radius 2 is 2.14 bits per heavy atom. The second-order valence-electron chi connectivity index (χ2n) is 6.73. The molecule has 2 aromatic heterocycles. The molecule has 148 valence electrons. The molecular formula is C19H23N5O4. The van der Waals surface area contributed by atoms with E-state index >= 15 is 0 Å². The molecule has 0 spiro atoms. The van der Waals surface area contributed by atoms with Gasteiger partial charge in [-0.05, 0) is 32.3 Å². The molecule has 0 aliphatic carbocycles. The molecule has 0 fully saturated rings. The van der Waals surface area contributed by atoms with Crippen molar-refractivity contribution in [3.8, 4) is 0 Å². The normalized spacial score (nSPS) is 15.8. The van der Waals surface area contributed by atoms with E-state index in [-0.39, 0.29) is 23.8 Å². The number of allylic oxidation sites excluding steroid dienone is 1. The third-order valence-corrected chi connectivity index (χ3v) is 3.96. The smallest absolute Gasteiger partial charge is 0.347 e. The fourth-order valence-electron chi connectivity index (χ4n) is 2.63. The summed E-state index contributed by atoms with van der Waals surface area (Å²) in [5.74, 6) is -1.17. The fraction of sp³-hybridized carbons (Fsp3) is 0.316. The average Bonchev–Trinajstić information content (AvgIpc) is 3.16. The van der Waals surface area contributed by atoms with Gasteiger partial charge in [0.1, 0.15) is 12.3 Å². The predicted molar refractivity (Wildman–Crippen MR) is 104 cm³/mol. The maximum Gasteiger partial charge on any atom is 0.347 e. The van der Waals surface area contributed by atoms with Gasteiger partial charge in [-0.15, -0.1) is 0 Å². The van der Waals surface area contributed by atoms with Gasteiger partial charge in [-0.25, -0.2) is 14.8 Å². The van der Waals surface area contributed by atoms with Crippen LogP contribution in [0.3, 0.4) is 0 Å². The zero-order valence-corrected chi connectivity index (χ0v) is 16.3. The van der Waals surface area contributed by atoms with E-state index in [4.69, 9.17) is 9.47 Å². The van der Waals surface area contributed by atoms with Crippen LogP contribution in [0.25, 0.3) is 17.1 Å². The molecule has 0 aromatic carbocycles. The number of ether oxygens (including phenoxy) is 2. The van der Waals surface area contributed by atoms with E-state index < -0.39 is 11.8 Å². The lowest BCUT2D eigenvalue weighted by molar-refractivity contribution is -0.140. The summed E-state index contributed by atoms with van der Waals surface area (Å²) in [4.78, 5) is 34.5. The van der Waals surface area contributed by atoms with Crippen LogP contribution in [0.5, 0.6) is 0 Å². The van der Waals surface area contributed by atoms with Crippen LogP contribution in [-0.2, 0) is 19.1 Å². The lowest BCUT2D eigenvalue weighted by atomic mass is 10.1. The van der Waals surface area contributed by atoms with Crippen LogP contribution in [0.15, 0.2) is 41.7 Å². The first-order chi connectivity index (χ1) is 13.4. The van der Waals surface area contributed by atoms with Gasteiger partial charge in [0.25, 0.3) is 0 Å². The molecule has 0 unspecified atom stereocenters. The highest BCUT2D eigenvalue weighted by atomic mass is 16.5.